The molecule has 0 unspecified atom stereocenters. The van der Waals surface area contributed by atoms with Crippen LogP contribution in [0.25, 0.3) is 5.52 Å². The number of ether oxygens (including phenoxy) is 1. The molecule has 30 heavy (non-hydrogen) atoms. The Balaban J connectivity index is 0.000000343. The van der Waals surface area contributed by atoms with Crippen LogP contribution in [0.5, 0.6) is 5.88 Å². The second-order valence-electron chi connectivity index (χ2n) is 7.18. The van der Waals surface area contributed by atoms with Crippen LogP contribution in [0.15, 0.2) is 30.5 Å². The van der Waals surface area contributed by atoms with Crippen molar-refractivity contribution in [2.24, 2.45) is 5.92 Å². The van der Waals surface area contributed by atoms with Crippen LogP contribution < -0.4 is 4.74 Å². The van der Waals surface area contributed by atoms with E-state index in [-0.39, 0.29) is 6.61 Å². The van der Waals surface area contributed by atoms with Crippen molar-refractivity contribution in [3.05, 3.63) is 30.5 Å². The van der Waals surface area contributed by atoms with Crippen molar-refractivity contribution in [3.8, 4) is 17.7 Å². The smallest absolute Gasteiger partial charge is 0.233 e. The molecule has 0 aromatic carbocycles. The quantitative estimate of drug-likeness (QED) is 0.228. The molecule has 0 saturated heterocycles. The van der Waals surface area contributed by atoms with Gasteiger partial charge in [-0.3, -0.25) is 0 Å². The van der Waals surface area contributed by atoms with Crippen LogP contribution in [0.2, 0.25) is 0 Å². The van der Waals surface area contributed by atoms with Gasteiger partial charge in [0.2, 0.25) is 5.88 Å². The van der Waals surface area contributed by atoms with Crippen LogP contribution >= 0.6 is 0 Å². The molecule has 0 atom stereocenters. The van der Waals surface area contributed by atoms with Gasteiger partial charge >= 0.3 is 0 Å². The highest BCUT2D eigenvalue weighted by molar-refractivity contribution is 5.48. The lowest BCUT2D eigenvalue weighted by Crippen LogP contribution is -2.28. The van der Waals surface area contributed by atoms with Gasteiger partial charge in [0, 0.05) is 18.8 Å². The first-order valence-electron chi connectivity index (χ1n) is 10.6. The molecule has 166 valence electrons. The van der Waals surface area contributed by atoms with E-state index in [9.17, 15) is 0 Å². The van der Waals surface area contributed by atoms with Crippen LogP contribution in [0.4, 0.5) is 0 Å². The molecular weight excluding hydrogens is 386 g/mol. The van der Waals surface area contributed by atoms with Gasteiger partial charge in [-0.1, -0.05) is 18.9 Å². The zero-order valence-corrected chi connectivity index (χ0v) is 18.0. The Morgan fingerprint density at radius 3 is 2.83 bits per heavy atom. The van der Waals surface area contributed by atoms with E-state index in [1.54, 1.807) is 6.92 Å². The topological polar surface area (TPSA) is 77.7 Å². The summed E-state index contributed by atoms with van der Waals surface area (Å²) in [6.45, 7) is 8.52. The molecule has 1 saturated carbocycles. The average molecular weight is 420 g/mol. The SMILES string of the molecule is CC#CCOOOO.CCCN(CCCCOc1cc2ccccn2n1)CC1CC1. The first kappa shape index (κ1) is 24.1. The Bertz CT molecular complexity index is 734. The molecule has 0 bridgehead atoms. The lowest BCUT2D eigenvalue weighted by Gasteiger charge is -2.21. The van der Waals surface area contributed by atoms with Crippen molar-refractivity contribution in [1.82, 2.24) is 14.5 Å². The Labute approximate surface area is 178 Å². The molecule has 3 rings (SSSR count). The molecule has 2 aromatic heterocycles. The Hall–Kier alpha value is -2.15. The molecule has 1 aliphatic rings. The summed E-state index contributed by atoms with van der Waals surface area (Å²) in [5, 5.41) is 18.6. The highest BCUT2D eigenvalue weighted by Crippen LogP contribution is 2.29. The highest BCUT2D eigenvalue weighted by atomic mass is 17.6. The number of unbranched alkanes of at least 4 members (excludes halogenated alkanes) is 1. The van der Waals surface area contributed by atoms with Crippen molar-refractivity contribution in [1.29, 1.82) is 0 Å². The molecule has 8 heteroatoms. The molecule has 1 aliphatic carbocycles. The van der Waals surface area contributed by atoms with Gasteiger partial charge in [-0.25, -0.2) is 9.77 Å². The summed E-state index contributed by atoms with van der Waals surface area (Å²) < 4.78 is 7.63. The second kappa shape index (κ2) is 14.8. The fraction of sp³-hybridized carbons (Fsp3) is 0.591. The lowest BCUT2D eigenvalue weighted by atomic mass is 10.2. The van der Waals surface area contributed by atoms with Crippen LogP contribution in [0.3, 0.4) is 0 Å². The third kappa shape index (κ3) is 10.1. The maximum Gasteiger partial charge on any atom is 0.233 e. The first-order valence-corrected chi connectivity index (χ1v) is 10.6. The monoisotopic (exact) mass is 419 g/mol. The molecule has 1 fully saturated rings. The summed E-state index contributed by atoms with van der Waals surface area (Å²) >= 11 is 0. The third-order valence-corrected chi connectivity index (χ3v) is 4.61. The van der Waals surface area contributed by atoms with Gasteiger partial charge in [0.25, 0.3) is 0 Å². The van der Waals surface area contributed by atoms with Gasteiger partial charge < -0.3 is 9.64 Å². The predicted molar refractivity (Wildman–Crippen MR) is 114 cm³/mol. The van der Waals surface area contributed by atoms with Crippen molar-refractivity contribution in [2.75, 3.05) is 32.8 Å². The van der Waals surface area contributed by atoms with Crippen molar-refractivity contribution >= 4 is 5.52 Å². The summed E-state index contributed by atoms with van der Waals surface area (Å²) in [5.41, 5.74) is 1.08. The largest absolute Gasteiger partial charge is 0.477 e. The van der Waals surface area contributed by atoms with Crippen LogP contribution in [0.1, 0.15) is 46.0 Å². The Morgan fingerprint density at radius 2 is 2.13 bits per heavy atom. The molecule has 2 heterocycles. The lowest BCUT2D eigenvalue weighted by molar-refractivity contribution is -0.620. The Kier molecular flexibility index (Phi) is 11.9. The van der Waals surface area contributed by atoms with Gasteiger partial charge in [0.05, 0.1) is 12.1 Å². The number of rotatable bonds is 13. The molecule has 1 N–H and O–H groups in total. The minimum Gasteiger partial charge on any atom is -0.477 e. The molecule has 0 radical (unpaired) electrons. The highest BCUT2D eigenvalue weighted by Gasteiger charge is 2.23. The number of nitrogens with zero attached hydrogens (tertiary/aromatic N) is 3. The van der Waals surface area contributed by atoms with Gasteiger partial charge in [-0.05, 0) is 80.2 Å². The number of fused-ring (bicyclic) bond motifs is 1. The summed E-state index contributed by atoms with van der Waals surface area (Å²) in [6, 6.07) is 8.03. The van der Waals surface area contributed by atoms with E-state index in [1.165, 1.54) is 45.3 Å². The second-order valence-corrected chi connectivity index (χ2v) is 7.18. The molecule has 2 aromatic rings. The first-order chi connectivity index (χ1) is 14.8. The molecule has 0 aliphatic heterocycles. The number of aromatic nitrogens is 2. The third-order valence-electron chi connectivity index (χ3n) is 4.61. The minimum absolute atomic E-state index is 0.0804. The molecule has 0 spiro atoms. The fourth-order valence-electron chi connectivity index (χ4n) is 3.02. The Morgan fingerprint density at radius 1 is 1.27 bits per heavy atom. The van der Waals surface area contributed by atoms with Crippen LogP contribution in [-0.4, -0.2) is 52.6 Å². The molecule has 8 nitrogen and oxygen atoms in total. The van der Waals surface area contributed by atoms with Crippen molar-refractivity contribution in [2.45, 2.75) is 46.0 Å². The van der Waals surface area contributed by atoms with Gasteiger partial charge in [0.1, 0.15) is 6.61 Å². The van der Waals surface area contributed by atoms with Crippen molar-refractivity contribution < 1.29 is 25.0 Å². The molecular formula is C22H33N3O5. The van der Waals surface area contributed by atoms with E-state index < -0.39 is 0 Å². The van der Waals surface area contributed by atoms with Gasteiger partial charge in [-0.15, -0.1) is 11.0 Å². The van der Waals surface area contributed by atoms with Gasteiger partial charge in [-0.2, -0.15) is 4.89 Å². The van der Waals surface area contributed by atoms with E-state index in [0.717, 1.165) is 30.3 Å². The zero-order valence-electron chi connectivity index (χ0n) is 18.0. The van der Waals surface area contributed by atoms with Crippen molar-refractivity contribution in [3.63, 3.8) is 0 Å². The average Bonchev–Trinajstić information content (AvgIpc) is 3.47. The molecule has 0 amide bonds. The standard InChI is InChI=1S/C18H27N3O.C4H6O4/c1-2-10-20(15-16-8-9-16)11-5-6-13-22-18-14-17-7-3-4-12-21(17)19-18;1-2-3-4-6-8-7-5/h3-4,7,12,14,16H,2,5-6,8-11,13,15H2,1H3;5H,4H2,1H3. The maximum absolute atomic E-state index is 7.47. The van der Waals surface area contributed by atoms with Gasteiger partial charge in [0.15, 0.2) is 0 Å². The van der Waals surface area contributed by atoms with E-state index in [0.29, 0.717) is 0 Å². The summed E-state index contributed by atoms with van der Waals surface area (Å²) in [6.07, 6.45) is 8.39. The summed E-state index contributed by atoms with van der Waals surface area (Å²) in [7, 11) is 0. The zero-order chi connectivity index (χ0) is 21.4. The van der Waals surface area contributed by atoms with E-state index in [1.807, 2.05) is 35.0 Å². The van der Waals surface area contributed by atoms with Crippen LogP contribution in [0, 0.1) is 17.8 Å². The number of hydrogen-bond acceptors (Lipinski definition) is 7. The van der Waals surface area contributed by atoms with E-state index in [4.69, 9.17) is 9.99 Å². The van der Waals surface area contributed by atoms with E-state index in [2.05, 4.69) is 43.7 Å². The predicted octanol–water partition coefficient (Wildman–Crippen LogP) is 3.98. The maximum atomic E-state index is 7.47. The summed E-state index contributed by atoms with van der Waals surface area (Å²) in [5.74, 6) is 6.75. The number of pyridine rings is 1. The number of hydrogen-bond donors (Lipinski definition) is 1. The van der Waals surface area contributed by atoms with Crippen LogP contribution in [-0.2, 0) is 15.0 Å². The van der Waals surface area contributed by atoms with E-state index >= 15 is 0 Å². The summed E-state index contributed by atoms with van der Waals surface area (Å²) in [4.78, 5) is 6.70. The normalized spacial score (nSPS) is 12.9. The minimum atomic E-state index is 0.0804. The fourth-order valence-corrected chi connectivity index (χ4v) is 3.02.